The van der Waals surface area contributed by atoms with Crippen LogP contribution < -0.4 is 83.4 Å². The van der Waals surface area contributed by atoms with Gasteiger partial charge in [-0.3, -0.25) is 33.6 Å². The molecule has 0 radical (unpaired) electrons. The Hall–Kier alpha value is -10.9. The molecule has 0 saturated heterocycles. The van der Waals surface area contributed by atoms with Gasteiger partial charge in [-0.2, -0.15) is 0 Å². The Bertz CT molecular complexity index is 5560. The van der Waals surface area contributed by atoms with E-state index in [1.165, 1.54) is 32.5 Å². The van der Waals surface area contributed by atoms with Crippen molar-refractivity contribution < 1.29 is 95.3 Å². The number of nitrogens with one attached hydrogen (secondary N) is 3. The predicted octanol–water partition coefficient (Wildman–Crippen LogP) is 24.0. The molecule has 2 unspecified atom stereocenters. The molecule has 0 aromatic heterocycles. The SMILES string of the molecule is CCCCCN1C(=O)C(C)(C)Oc2cc(C)c(C)cc21.CCCCN1C(=O)C(C)(C)Oc2cc(Cl)c(C)cc21.CCCCN1C(=O)C(C)(CC)Oc2cc(Br)c(C)cc21.CCCCN1C(=O)C(C)(CC)Oc2cc(Cl)c(C)cc21.COC(=O)NCCN1C(=O)C(C)(C)Oc2cc(Br)c(C)cc21.COC(=O)NCCN1C(=O)C(C)(C)Oc2cc(C)c(C)cc21.COC(=O)NCCN1C(=O)C(C)(C)Oc2cc(Cl)c(C)cc21. The average Bonchev–Trinajstić information content (AvgIpc) is 0.755. The minimum absolute atomic E-state index is 0.00942. The van der Waals surface area contributed by atoms with Crippen LogP contribution in [-0.4, -0.2) is 186 Å². The summed E-state index contributed by atoms with van der Waals surface area (Å²) in [5.41, 5.74) is 9.03. The molecule has 0 saturated carbocycles. The number of anilines is 7. The summed E-state index contributed by atoms with van der Waals surface area (Å²) in [5.74, 6) is 4.64. The van der Waals surface area contributed by atoms with Gasteiger partial charge in [-0.05, 0) is 301 Å². The number of benzene rings is 7. The quantitative estimate of drug-likeness (QED) is 0.0374. The van der Waals surface area contributed by atoms with Crippen molar-refractivity contribution >= 4 is 166 Å². The van der Waals surface area contributed by atoms with E-state index in [9.17, 15) is 47.9 Å². The average molecular weight is 2200 g/mol. The number of aryl methyl sites for hydroxylation is 9. The lowest BCUT2D eigenvalue weighted by Gasteiger charge is -2.40. The molecule has 30 nitrogen and oxygen atoms in total. The van der Waals surface area contributed by atoms with Gasteiger partial charge < -0.3 is 97.6 Å². The third-order valence-electron chi connectivity index (χ3n) is 26.0. The smallest absolute Gasteiger partial charge is 0.406 e. The molecular weight excluding hydrogens is 2050 g/mol. The second kappa shape index (κ2) is 50.6. The molecule has 794 valence electrons. The van der Waals surface area contributed by atoms with E-state index in [1.54, 1.807) is 82.2 Å². The van der Waals surface area contributed by atoms with Gasteiger partial charge in [0, 0.05) is 108 Å². The first-order chi connectivity index (χ1) is 67.9. The van der Waals surface area contributed by atoms with Gasteiger partial charge in [-0.1, -0.05) is 140 Å². The van der Waals surface area contributed by atoms with E-state index >= 15 is 0 Å². The van der Waals surface area contributed by atoms with Crippen LogP contribution in [0, 0.1) is 62.3 Å². The highest BCUT2D eigenvalue weighted by Crippen LogP contribution is 2.49. The van der Waals surface area contributed by atoms with E-state index in [-0.39, 0.29) is 47.9 Å². The number of fused-ring (bicyclic) bond motifs is 7. The van der Waals surface area contributed by atoms with Gasteiger partial charge in [0.25, 0.3) is 41.4 Å². The largest absolute Gasteiger partial charge is 0.476 e. The summed E-state index contributed by atoms with van der Waals surface area (Å²) >= 11 is 25.5. The lowest BCUT2D eigenvalue weighted by molar-refractivity contribution is -0.134. The van der Waals surface area contributed by atoms with E-state index in [0.29, 0.717) is 101 Å². The molecule has 0 spiro atoms. The normalized spacial score (nSPS) is 17.8. The van der Waals surface area contributed by atoms with Gasteiger partial charge in [0.05, 0.1) is 61.1 Å². The van der Waals surface area contributed by atoms with Crippen molar-refractivity contribution in [2.45, 2.75) is 297 Å². The fourth-order valence-electron chi connectivity index (χ4n) is 16.5. The summed E-state index contributed by atoms with van der Waals surface area (Å²) in [7, 11) is 3.90. The van der Waals surface area contributed by atoms with Crippen LogP contribution in [0.3, 0.4) is 0 Å². The molecule has 145 heavy (non-hydrogen) atoms. The van der Waals surface area contributed by atoms with Crippen LogP contribution in [0.2, 0.25) is 15.1 Å². The predicted molar refractivity (Wildman–Crippen MR) is 582 cm³/mol. The number of hydrogen-bond acceptors (Lipinski definition) is 20. The fraction of sp³-hybridized carbons (Fsp3) is 0.527. The first-order valence-corrected chi connectivity index (χ1v) is 52.3. The van der Waals surface area contributed by atoms with Crippen molar-refractivity contribution in [1.29, 1.82) is 0 Å². The van der Waals surface area contributed by atoms with E-state index in [1.807, 2.05) is 176 Å². The van der Waals surface area contributed by atoms with Crippen molar-refractivity contribution in [2.24, 2.45) is 0 Å². The fourth-order valence-corrected chi connectivity index (χ4v) is 17.6. The lowest BCUT2D eigenvalue weighted by Crippen LogP contribution is -2.54. The minimum atomic E-state index is -0.989. The number of ether oxygens (including phenoxy) is 10. The number of unbranched alkanes of at least 4 members (excludes halogenated alkanes) is 5. The topological polar surface area (TPSA) is 322 Å². The van der Waals surface area contributed by atoms with Crippen molar-refractivity contribution in [3.63, 3.8) is 0 Å². The van der Waals surface area contributed by atoms with Crippen molar-refractivity contribution in [3.8, 4) is 40.2 Å². The van der Waals surface area contributed by atoms with Gasteiger partial charge in [0.1, 0.15) is 40.2 Å². The Morgan fingerprint density at radius 1 is 0.276 bits per heavy atom. The third kappa shape index (κ3) is 28.9. The summed E-state index contributed by atoms with van der Waals surface area (Å²) in [5, 5.41) is 9.65. The van der Waals surface area contributed by atoms with Crippen molar-refractivity contribution in [3.05, 3.63) is 159 Å². The van der Waals surface area contributed by atoms with Crippen LogP contribution in [-0.2, 0) is 47.8 Å². The molecule has 0 fully saturated rings. The molecule has 0 aliphatic carbocycles. The van der Waals surface area contributed by atoms with Crippen LogP contribution in [0.4, 0.5) is 54.2 Å². The maximum Gasteiger partial charge on any atom is 0.406 e. The van der Waals surface area contributed by atoms with E-state index in [2.05, 4.69) is 110 Å². The van der Waals surface area contributed by atoms with Crippen LogP contribution >= 0.6 is 66.7 Å². The number of rotatable bonds is 24. The standard InChI is InChI=1S/C17H25NO2.C16H22BrNO2.C16H22ClNO2.C16H22N2O4.C15H19BrN2O4.C15H19ClN2O4.C15H20ClNO2/c1-6-7-8-9-18-14-10-12(2)13(3)11-15(14)20-17(4,5)16(18)19;2*1-5-7-8-18-13-9-11(3)12(17)10-14(13)20-16(4,6-2)15(18)19;1-10-8-12-13(9-11(10)2)22-16(3,4)14(19)18(12)7-6-17-15(20)21-5;2*1-9-7-11-12(8-10(9)16)22-15(2,3)13(19)18(11)6-5-17-14(20)21-4;1-5-6-7-17-12-8-10(2)11(16)9-13(12)19-15(3,4)14(17)18/h10-11H,6-9H2,1-5H3;2*9-10H,5-8H2,1-4H3;8-9H,6-7H2,1-5H3,(H,17,20);2*7-8H,5-6H2,1-4H3,(H,17,20);8-9H,5-7H2,1-4H3. The molecule has 7 aliphatic heterocycles. The van der Waals surface area contributed by atoms with Gasteiger partial charge in [-0.25, -0.2) is 14.4 Å². The van der Waals surface area contributed by atoms with Crippen LogP contribution in [0.5, 0.6) is 40.2 Å². The third-order valence-corrected chi connectivity index (χ3v) is 28.9. The van der Waals surface area contributed by atoms with Gasteiger partial charge in [-0.15, -0.1) is 0 Å². The Balaban J connectivity index is 0.000000207. The monoisotopic (exact) mass is 2190 g/mol. The molecule has 3 N–H and O–H groups in total. The van der Waals surface area contributed by atoms with Gasteiger partial charge in [0.2, 0.25) is 0 Å². The zero-order valence-corrected chi connectivity index (χ0v) is 95.6. The summed E-state index contributed by atoms with van der Waals surface area (Å²) in [6, 6.07) is 26.8. The number of carbonyl (C=O) groups is 10. The number of halogens is 5. The van der Waals surface area contributed by atoms with E-state index < -0.39 is 57.5 Å². The van der Waals surface area contributed by atoms with E-state index in [0.717, 1.165) is 172 Å². The molecule has 10 amide bonds. The maximum atomic E-state index is 12.7. The molecule has 7 aromatic rings. The lowest BCUT2D eigenvalue weighted by atomic mass is 9.97. The number of nitrogens with zero attached hydrogens (tertiary/aromatic N) is 7. The first-order valence-electron chi connectivity index (χ1n) is 49.6. The van der Waals surface area contributed by atoms with Crippen LogP contribution in [0.1, 0.15) is 245 Å². The highest BCUT2D eigenvalue weighted by molar-refractivity contribution is 9.10. The highest BCUT2D eigenvalue weighted by atomic mass is 79.9. The van der Waals surface area contributed by atoms with Crippen molar-refractivity contribution in [2.75, 3.05) is 121 Å². The second-order valence-electron chi connectivity index (χ2n) is 39.8. The molecule has 2 atom stereocenters. The van der Waals surface area contributed by atoms with Crippen molar-refractivity contribution in [1.82, 2.24) is 16.0 Å². The molecule has 35 heteroatoms. The zero-order chi connectivity index (χ0) is 108. The molecule has 7 heterocycles. The number of alkyl carbamates (subject to hydrolysis) is 3. The Morgan fingerprint density at radius 3 is 0.724 bits per heavy atom. The molecule has 7 aliphatic rings. The van der Waals surface area contributed by atoms with Crippen LogP contribution in [0.25, 0.3) is 0 Å². The zero-order valence-electron chi connectivity index (χ0n) is 90.1. The summed E-state index contributed by atoms with van der Waals surface area (Å²) in [6.07, 6.45) is 9.19. The van der Waals surface area contributed by atoms with Gasteiger partial charge in [0.15, 0.2) is 39.2 Å². The Labute approximate surface area is 888 Å². The molecule has 0 bridgehead atoms. The number of methoxy groups -OCH3 is 3. The van der Waals surface area contributed by atoms with E-state index in [4.69, 9.17) is 68.0 Å². The number of carbonyl (C=O) groups excluding carboxylic acids is 10. The summed E-state index contributed by atoms with van der Waals surface area (Å²) in [4.78, 5) is 134. The molecule has 7 aromatic carbocycles. The number of hydrogen-bond donors (Lipinski definition) is 3. The molecular formula is C110H149Br2Cl3N10O20. The minimum Gasteiger partial charge on any atom is -0.476 e. The highest BCUT2D eigenvalue weighted by Gasteiger charge is 2.49. The molecule has 14 rings (SSSR count). The summed E-state index contributed by atoms with van der Waals surface area (Å²) < 4.78 is 56.6. The summed E-state index contributed by atoms with van der Waals surface area (Å²) in [6.45, 7) is 56.6. The maximum absolute atomic E-state index is 12.7. The first kappa shape index (κ1) is 119. The Morgan fingerprint density at radius 2 is 0.476 bits per heavy atom. The Kier molecular flexibility index (Phi) is 41.7. The second-order valence-corrected chi connectivity index (χ2v) is 42.7. The number of amides is 10. The van der Waals surface area contributed by atoms with Crippen LogP contribution in [0.15, 0.2) is 93.9 Å². The van der Waals surface area contributed by atoms with Gasteiger partial charge >= 0.3 is 18.3 Å².